The van der Waals surface area contributed by atoms with E-state index in [1.165, 1.54) is 24.2 Å². The van der Waals surface area contributed by atoms with Crippen LogP contribution >= 0.6 is 11.3 Å². The number of thiophene rings is 1. The summed E-state index contributed by atoms with van der Waals surface area (Å²) in [5.41, 5.74) is 0.646. The van der Waals surface area contributed by atoms with E-state index in [1.807, 2.05) is 5.38 Å². The lowest BCUT2D eigenvalue weighted by Gasteiger charge is -2.07. The van der Waals surface area contributed by atoms with Gasteiger partial charge >= 0.3 is 0 Å². The average molecular weight is 310 g/mol. The van der Waals surface area contributed by atoms with Crippen molar-refractivity contribution in [3.8, 4) is 0 Å². The van der Waals surface area contributed by atoms with Gasteiger partial charge in [0, 0.05) is 43.7 Å². The van der Waals surface area contributed by atoms with Gasteiger partial charge in [0.25, 0.3) is 5.91 Å². The summed E-state index contributed by atoms with van der Waals surface area (Å²) in [5.74, 6) is 0.617. The van der Waals surface area contributed by atoms with E-state index in [0.29, 0.717) is 31.7 Å². The minimum absolute atomic E-state index is 0.0391. The molecule has 2 rings (SSSR count). The molecule has 21 heavy (non-hydrogen) atoms. The second-order valence-corrected chi connectivity index (χ2v) is 6.02. The number of carbonyl (C=O) groups is 2. The maximum Gasteiger partial charge on any atom is 0.252 e. The predicted molar refractivity (Wildman–Crippen MR) is 82.4 cm³/mol. The lowest BCUT2D eigenvalue weighted by molar-refractivity contribution is -0.121. The largest absolute Gasteiger partial charge is 0.381 e. The third-order valence-electron chi connectivity index (χ3n) is 3.26. The molecule has 2 amide bonds. The van der Waals surface area contributed by atoms with Gasteiger partial charge < -0.3 is 15.4 Å². The van der Waals surface area contributed by atoms with Crippen LogP contribution in [-0.4, -0.2) is 38.1 Å². The zero-order valence-electron chi connectivity index (χ0n) is 12.1. The van der Waals surface area contributed by atoms with E-state index < -0.39 is 0 Å². The summed E-state index contributed by atoms with van der Waals surface area (Å²) < 4.78 is 5.49. The summed E-state index contributed by atoms with van der Waals surface area (Å²) in [6, 6.07) is 1.77. The van der Waals surface area contributed by atoms with Gasteiger partial charge in [0.15, 0.2) is 0 Å². The van der Waals surface area contributed by atoms with Crippen molar-refractivity contribution in [3.63, 3.8) is 0 Å². The molecule has 1 aromatic heterocycles. The fourth-order valence-corrected chi connectivity index (χ4v) is 2.45. The summed E-state index contributed by atoms with van der Waals surface area (Å²) in [5, 5.41) is 9.20. The lowest BCUT2D eigenvalue weighted by atomic mass is 10.3. The van der Waals surface area contributed by atoms with Crippen LogP contribution in [0.3, 0.4) is 0 Å². The quantitative estimate of drug-likeness (QED) is 0.648. The van der Waals surface area contributed by atoms with E-state index in [2.05, 4.69) is 10.6 Å². The highest BCUT2D eigenvalue weighted by molar-refractivity contribution is 7.08. The predicted octanol–water partition coefficient (Wildman–Crippen LogP) is 1.80. The molecule has 1 heterocycles. The standard InChI is InChI=1S/C15H22N2O3S/c18-14(16-6-1-8-20-10-12-2-3-12)4-7-17-15(19)13-5-9-21-11-13/h5,9,11-12H,1-4,6-8,10H2,(H,16,18)(H,17,19). The highest BCUT2D eigenvalue weighted by Gasteiger charge is 2.20. The zero-order valence-corrected chi connectivity index (χ0v) is 12.9. The second-order valence-electron chi connectivity index (χ2n) is 5.24. The van der Waals surface area contributed by atoms with E-state index in [0.717, 1.165) is 18.9 Å². The minimum Gasteiger partial charge on any atom is -0.381 e. The summed E-state index contributed by atoms with van der Waals surface area (Å²) in [7, 11) is 0. The van der Waals surface area contributed by atoms with E-state index in [1.54, 1.807) is 11.4 Å². The van der Waals surface area contributed by atoms with Crippen LogP contribution in [0.25, 0.3) is 0 Å². The Kier molecular flexibility index (Phi) is 6.69. The maximum absolute atomic E-state index is 11.6. The zero-order chi connectivity index (χ0) is 14.9. The van der Waals surface area contributed by atoms with Crippen LogP contribution in [0.2, 0.25) is 0 Å². The van der Waals surface area contributed by atoms with E-state index in [4.69, 9.17) is 4.74 Å². The molecule has 1 aliphatic carbocycles. The molecule has 6 heteroatoms. The first-order valence-electron chi connectivity index (χ1n) is 7.40. The summed E-state index contributed by atoms with van der Waals surface area (Å²) in [4.78, 5) is 23.2. The third kappa shape index (κ3) is 6.73. The van der Waals surface area contributed by atoms with Crippen LogP contribution in [0.15, 0.2) is 16.8 Å². The Labute approximate surface area is 129 Å². The number of amides is 2. The lowest BCUT2D eigenvalue weighted by Crippen LogP contribution is -2.31. The Hall–Kier alpha value is -1.40. The Morgan fingerprint density at radius 2 is 2.14 bits per heavy atom. The molecule has 1 aliphatic rings. The number of hydrogen-bond donors (Lipinski definition) is 2. The van der Waals surface area contributed by atoms with Crippen molar-refractivity contribution in [1.82, 2.24) is 10.6 Å². The van der Waals surface area contributed by atoms with Crippen molar-refractivity contribution < 1.29 is 14.3 Å². The maximum atomic E-state index is 11.6. The van der Waals surface area contributed by atoms with Crippen molar-refractivity contribution in [1.29, 1.82) is 0 Å². The fraction of sp³-hybridized carbons (Fsp3) is 0.600. The molecular weight excluding hydrogens is 288 g/mol. The first kappa shape index (κ1) is 16.0. The van der Waals surface area contributed by atoms with E-state index in [9.17, 15) is 9.59 Å². The Morgan fingerprint density at radius 1 is 1.29 bits per heavy atom. The van der Waals surface area contributed by atoms with Crippen LogP contribution < -0.4 is 10.6 Å². The molecule has 0 aliphatic heterocycles. The smallest absolute Gasteiger partial charge is 0.252 e. The first-order valence-corrected chi connectivity index (χ1v) is 8.35. The summed E-state index contributed by atoms with van der Waals surface area (Å²) in [6.07, 6.45) is 3.74. The molecular formula is C15H22N2O3S. The fourth-order valence-electron chi connectivity index (χ4n) is 1.81. The monoisotopic (exact) mass is 310 g/mol. The number of carbonyl (C=O) groups excluding carboxylic acids is 2. The van der Waals surface area contributed by atoms with Gasteiger partial charge in [-0.05, 0) is 36.6 Å². The van der Waals surface area contributed by atoms with E-state index >= 15 is 0 Å². The topological polar surface area (TPSA) is 67.4 Å². The Morgan fingerprint density at radius 3 is 2.86 bits per heavy atom. The van der Waals surface area contributed by atoms with Gasteiger partial charge in [-0.3, -0.25) is 9.59 Å². The molecule has 0 saturated heterocycles. The highest BCUT2D eigenvalue weighted by atomic mass is 32.1. The van der Waals surface area contributed by atoms with Gasteiger partial charge in [0.05, 0.1) is 0 Å². The van der Waals surface area contributed by atoms with Crippen LogP contribution in [0.5, 0.6) is 0 Å². The second kappa shape index (κ2) is 8.79. The molecule has 1 fully saturated rings. The van der Waals surface area contributed by atoms with Crippen LogP contribution in [-0.2, 0) is 9.53 Å². The van der Waals surface area contributed by atoms with Crippen molar-refractivity contribution in [2.24, 2.45) is 5.92 Å². The SMILES string of the molecule is O=C(CCNC(=O)c1ccsc1)NCCCOCC1CC1. The third-order valence-corrected chi connectivity index (χ3v) is 3.94. The molecule has 0 aromatic carbocycles. The molecule has 0 atom stereocenters. The summed E-state index contributed by atoms with van der Waals surface area (Å²) in [6.45, 7) is 2.55. The van der Waals surface area contributed by atoms with Gasteiger partial charge in [0.2, 0.25) is 5.91 Å². The van der Waals surface area contributed by atoms with Gasteiger partial charge in [-0.25, -0.2) is 0 Å². The molecule has 2 N–H and O–H groups in total. The molecule has 116 valence electrons. The summed E-state index contributed by atoms with van der Waals surface area (Å²) >= 11 is 1.48. The Balaban J connectivity index is 1.42. The molecule has 1 aromatic rings. The number of ether oxygens (including phenoxy) is 1. The molecule has 0 bridgehead atoms. The number of rotatable bonds is 10. The van der Waals surface area contributed by atoms with Gasteiger partial charge in [-0.15, -0.1) is 0 Å². The van der Waals surface area contributed by atoms with E-state index in [-0.39, 0.29) is 11.8 Å². The Bertz CT molecular complexity index is 444. The molecule has 0 spiro atoms. The van der Waals surface area contributed by atoms with Gasteiger partial charge in [0.1, 0.15) is 0 Å². The van der Waals surface area contributed by atoms with Crippen molar-refractivity contribution >= 4 is 23.2 Å². The van der Waals surface area contributed by atoms with Crippen LogP contribution in [0.1, 0.15) is 36.0 Å². The van der Waals surface area contributed by atoms with Crippen molar-refractivity contribution in [2.45, 2.75) is 25.7 Å². The number of nitrogens with one attached hydrogen (secondary N) is 2. The van der Waals surface area contributed by atoms with Gasteiger partial charge in [-0.1, -0.05) is 0 Å². The first-order chi connectivity index (χ1) is 10.3. The molecule has 0 unspecified atom stereocenters. The average Bonchev–Trinajstić information content (AvgIpc) is 3.13. The molecule has 1 saturated carbocycles. The van der Waals surface area contributed by atoms with Gasteiger partial charge in [-0.2, -0.15) is 11.3 Å². The number of hydrogen-bond acceptors (Lipinski definition) is 4. The van der Waals surface area contributed by atoms with Crippen LogP contribution in [0, 0.1) is 5.92 Å². The van der Waals surface area contributed by atoms with Crippen molar-refractivity contribution in [2.75, 3.05) is 26.3 Å². The minimum atomic E-state index is -0.127. The highest BCUT2D eigenvalue weighted by Crippen LogP contribution is 2.28. The molecule has 5 nitrogen and oxygen atoms in total. The normalized spacial score (nSPS) is 13.9. The molecule has 0 radical (unpaired) electrons. The van der Waals surface area contributed by atoms with Crippen molar-refractivity contribution in [3.05, 3.63) is 22.4 Å². The van der Waals surface area contributed by atoms with Crippen LogP contribution in [0.4, 0.5) is 0 Å².